The Balaban J connectivity index is 1.29. The highest BCUT2D eigenvalue weighted by molar-refractivity contribution is 7.99. The van der Waals surface area contributed by atoms with Gasteiger partial charge in [-0.3, -0.25) is 14.4 Å². The lowest BCUT2D eigenvalue weighted by Crippen LogP contribution is -2.52. The maximum absolute atomic E-state index is 13.4. The van der Waals surface area contributed by atoms with E-state index in [4.69, 9.17) is 5.10 Å². The zero-order chi connectivity index (χ0) is 22.9. The zero-order valence-electron chi connectivity index (χ0n) is 20.3. The molecule has 0 N–H and O–H groups in total. The maximum atomic E-state index is 13.4. The number of anilines is 1. The monoisotopic (exact) mass is 467 g/mol. The SMILES string of the molecule is CCn1nc(C(=O)N2CCSCC2)c2c1CCC(N1CCN(c3cccc(C)c3C)CC1)C2. The Morgan fingerprint density at radius 3 is 2.58 bits per heavy atom. The number of carbonyl (C=O) groups is 1. The largest absolute Gasteiger partial charge is 0.369 e. The molecule has 2 aromatic rings. The second-order valence-corrected chi connectivity index (χ2v) is 10.9. The van der Waals surface area contributed by atoms with Gasteiger partial charge in [0.05, 0.1) is 0 Å². The van der Waals surface area contributed by atoms with Gasteiger partial charge in [0.25, 0.3) is 5.91 Å². The zero-order valence-corrected chi connectivity index (χ0v) is 21.2. The third-order valence-electron chi connectivity index (χ3n) is 7.87. The first-order valence-corrected chi connectivity index (χ1v) is 13.7. The highest BCUT2D eigenvalue weighted by Gasteiger charge is 2.34. The molecule has 1 atom stereocenters. The fourth-order valence-electron chi connectivity index (χ4n) is 5.74. The van der Waals surface area contributed by atoms with Crippen LogP contribution in [-0.4, -0.2) is 82.3 Å². The van der Waals surface area contributed by atoms with E-state index >= 15 is 0 Å². The third-order valence-corrected chi connectivity index (χ3v) is 8.81. The summed E-state index contributed by atoms with van der Waals surface area (Å²) in [5.41, 5.74) is 7.42. The van der Waals surface area contributed by atoms with Crippen molar-refractivity contribution in [2.45, 2.75) is 52.6 Å². The number of amides is 1. The summed E-state index contributed by atoms with van der Waals surface area (Å²) in [4.78, 5) is 20.6. The van der Waals surface area contributed by atoms with Gasteiger partial charge in [0, 0.05) is 80.3 Å². The van der Waals surface area contributed by atoms with E-state index < -0.39 is 0 Å². The molecule has 1 aliphatic carbocycles. The van der Waals surface area contributed by atoms with Crippen LogP contribution in [-0.2, 0) is 19.4 Å². The minimum atomic E-state index is 0.152. The summed E-state index contributed by atoms with van der Waals surface area (Å²) in [6.07, 6.45) is 3.15. The van der Waals surface area contributed by atoms with Crippen LogP contribution in [0.5, 0.6) is 0 Å². The highest BCUT2D eigenvalue weighted by Crippen LogP contribution is 2.30. The molecule has 7 heteroatoms. The minimum absolute atomic E-state index is 0.152. The molecule has 33 heavy (non-hydrogen) atoms. The molecule has 0 saturated carbocycles. The number of nitrogens with zero attached hydrogens (tertiary/aromatic N) is 5. The molecule has 1 aromatic heterocycles. The topological polar surface area (TPSA) is 44.6 Å². The molecule has 178 valence electrons. The van der Waals surface area contributed by atoms with Gasteiger partial charge in [0.1, 0.15) is 0 Å². The number of fused-ring (bicyclic) bond motifs is 1. The Hall–Kier alpha value is -1.99. The van der Waals surface area contributed by atoms with E-state index in [2.05, 4.69) is 53.5 Å². The van der Waals surface area contributed by atoms with Crippen LogP contribution in [0.4, 0.5) is 5.69 Å². The first-order chi connectivity index (χ1) is 16.1. The van der Waals surface area contributed by atoms with Gasteiger partial charge in [0.2, 0.25) is 0 Å². The van der Waals surface area contributed by atoms with Crippen LogP contribution in [0.1, 0.15) is 46.2 Å². The first-order valence-electron chi connectivity index (χ1n) is 12.6. The summed E-state index contributed by atoms with van der Waals surface area (Å²) in [6, 6.07) is 7.15. The lowest BCUT2D eigenvalue weighted by Gasteiger charge is -2.42. The molecule has 6 nitrogen and oxygen atoms in total. The van der Waals surface area contributed by atoms with Crippen LogP contribution in [0.3, 0.4) is 0 Å². The molecule has 5 rings (SSSR count). The Morgan fingerprint density at radius 2 is 1.85 bits per heavy atom. The van der Waals surface area contributed by atoms with Crippen molar-refractivity contribution in [2.24, 2.45) is 0 Å². The lowest BCUT2D eigenvalue weighted by atomic mass is 9.89. The van der Waals surface area contributed by atoms with Gasteiger partial charge in [-0.15, -0.1) is 0 Å². The summed E-state index contributed by atoms with van der Waals surface area (Å²) in [5.74, 6) is 2.23. The van der Waals surface area contributed by atoms with E-state index in [1.807, 2.05) is 16.7 Å². The van der Waals surface area contributed by atoms with Crippen molar-refractivity contribution < 1.29 is 4.79 Å². The molecule has 2 saturated heterocycles. The van der Waals surface area contributed by atoms with E-state index in [-0.39, 0.29) is 5.91 Å². The van der Waals surface area contributed by atoms with Gasteiger partial charge in [-0.05, 0) is 57.2 Å². The number of aryl methyl sites for hydroxylation is 2. The molecule has 0 bridgehead atoms. The fraction of sp³-hybridized carbons (Fsp3) is 0.615. The first kappa shape index (κ1) is 22.8. The number of hydrogen-bond donors (Lipinski definition) is 0. The number of carbonyl (C=O) groups excluding carboxylic acids is 1. The van der Waals surface area contributed by atoms with Crippen LogP contribution in [0.2, 0.25) is 0 Å². The van der Waals surface area contributed by atoms with Crippen LogP contribution in [0, 0.1) is 13.8 Å². The van der Waals surface area contributed by atoms with Crippen molar-refractivity contribution in [3.63, 3.8) is 0 Å². The minimum Gasteiger partial charge on any atom is -0.369 e. The van der Waals surface area contributed by atoms with Crippen LogP contribution in [0.25, 0.3) is 0 Å². The molecule has 0 radical (unpaired) electrons. The smallest absolute Gasteiger partial charge is 0.274 e. The fourth-order valence-corrected chi connectivity index (χ4v) is 6.64. The van der Waals surface area contributed by atoms with Crippen molar-refractivity contribution in [1.29, 1.82) is 0 Å². The van der Waals surface area contributed by atoms with Gasteiger partial charge in [-0.2, -0.15) is 16.9 Å². The molecule has 1 amide bonds. The van der Waals surface area contributed by atoms with Crippen molar-refractivity contribution in [2.75, 3.05) is 55.7 Å². The van der Waals surface area contributed by atoms with Crippen molar-refractivity contribution >= 4 is 23.4 Å². The molecule has 0 spiro atoms. The van der Waals surface area contributed by atoms with Crippen LogP contribution in [0.15, 0.2) is 18.2 Å². The van der Waals surface area contributed by atoms with Gasteiger partial charge in [-0.25, -0.2) is 0 Å². The van der Waals surface area contributed by atoms with Gasteiger partial charge in [0.15, 0.2) is 5.69 Å². The van der Waals surface area contributed by atoms with E-state index in [1.54, 1.807) is 0 Å². The van der Waals surface area contributed by atoms with E-state index in [0.29, 0.717) is 6.04 Å². The number of thioether (sulfide) groups is 1. The van der Waals surface area contributed by atoms with Gasteiger partial charge >= 0.3 is 0 Å². The number of piperazine rings is 1. The summed E-state index contributed by atoms with van der Waals surface area (Å²) >= 11 is 1.94. The van der Waals surface area contributed by atoms with Gasteiger partial charge < -0.3 is 9.80 Å². The average Bonchev–Trinajstić information content (AvgIpc) is 3.24. The van der Waals surface area contributed by atoms with Crippen molar-refractivity contribution in [3.05, 3.63) is 46.3 Å². The number of rotatable bonds is 4. The van der Waals surface area contributed by atoms with Crippen LogP contribution >= 0.6 is 11.8 Å². The molecule has 2 fully saturated rings. The van der Waals surface area contributed by atoms with Crippen LogP contribution < -0.4 is 4.90 Å². The number of aromatic nitrogens is 2. The third kappa shape index (κ3) is 4.42. The standard InChI is InChI=1S/C26H37N5OS/c1-4-31-24-9-8-21(18-22(24)25(27-31)26(32)30-14-16-33-17-15-30)28-10-12-29(13-11-28)23-7-5-6-19(2)20(23)3/h5-7,21H,4,8-18H2,1-3H3. The summed E-state index contributed by atoms with van der Waals surface area (Å²) in [6.45, 7) is 13.4. The second kappa shape index (κ2) is 9.71. The van der Waals surface area contributed by atoms with E-state index in [9.17, 15) is 4.79 Å². The normalized spacial score (nSPS) is 21.8. The quantitative estimate of drug-likeness (QED) is 0.690. The van der Waals surface area contributed by atoms with Crippen molar-refractivity contribution in [1.82, 2.24) is 19.6 Å². The second-order valence-electron chi connectivity index (χ2n) is 9.63. The van der Waals surface area contributed by atoms with Gasteiger partial charge in [-0.1, -0.05) is 12.1 Å². The molecular weight excluding hydrogens is 430 g/mol. The number of hydrogen-bond acceptors (Lipinski definition) is 5. The predicted molar refractivity (Wildman–Crippen MR) is 137 cm³/mol. The summed E-state index contributed by atoms with van der Waals surface area (Å²) < 4.78 is 2.09. The van der Waals surface area contributed by atoms with E-state index in [1.165, 1.54) is 28.1 Å². The molecule has 2 aliphatic heterocycles. The molecule has 1 aromatic carbocycles. The van der Waals surface area contributed by atoms with E-state index in [0.717, 1.165) is 82.3 Å². The molecule has 3 heterocycles. The summed E-state index contributed by atoms with van der Waals surface area (Å²) in [5, 5.41) is 4.83. The average molecular weight is 468 g/mol. The molecule has 1 unspecified atom stereocenters. The molecule has 3 aliphatic rings. The Bertz CT molecular complexity index is 1000. The Kier molecular flexibility index (Phi) is 6.70. The van der Waals surface area contributed by atoms with Crippen molar-refractivity contribution in [3.8, 4) is 0 Å². The summed E-state index contributed by atoms with van der Waals surface area (Å²) in [7, 11) is 0. The maximum Gasteiger partial charge on any atom is 0.274 e. The Morgan fingerprint density at radius 1 is 1.09 bits per heavy atom. The highest BCUT2D eigenvalue weighted by atomic mass is 32.2. The lowest BCUT2D eigenvalue weighted by molar-refractivity contribution is 0.0763. The molecular formula is C26H37N5OS. The predicted octanol–water partition coefficient (Wildman–Crippen LogP) is 3.39. The Labute approximate surface area is 202 Å². The number of benzene rings is 1.